The van der Waals surface area contributed by atoms with E-state index in [1.807, 2.05) is 0 Å². The van der Waals surface area contributed by atoms with Crippen molar-refractivity contribution in [2.24, 2.45) is 0 Å². The number of urea groups is 1. The van der Waals surface area contributed by atoms with Crippen molar-refractivity contribution in [1.82, 2.24) is 10.2 Å². The number of rotatable bonds is 4. The number of nitrogens with zero attached hydrogens (tertiary/aromatic N) is 1. The van der Waals surface area contributed by atoms with E-state index in [1.54, 1.807) is 19.1 Å². The minimum Gasteiger partial charge on any atom is -0.467 e. The van der Waals surface area contributed by atoms with Crippen molar-refractivity contribution < 1.29 is 26.0 Å². The molecule has 2 aliphatic heterocycles. The Bertz CT molecular complexity index is 847. The Labute approximate surface area is 147 Å². The monoisotopic (exact) mass is 390 g/mol. The Morgan fingerprint density at radius 2 is 2.08 bits per heavy atom. The maximum absolute atomic E-state index is 12.8. The van der Waals surface area contributed by atoms with E-state index in [0.29, 0.717) is 18.6 Å². The molecule has 2 fully saturated rings. The number of hydrogen-bond acceptors (Lipinski definition) is 6. The van der Waals surface area contributed by atoms with E-state index in [1.165, 1.54) is 11.2 Å². The first-order chi connectivity index (χ1) is 11.6. The van der Waals surface area contributed by atoms with E-state index in [9.17, 15) is 21.6 Å². The first kappa shape index (κ1) is 18.2. The highest BCUT2D eigenvalue weighted by Gasteiger charge is 2.42. The van der Waals surface area contributed by atoms with Gasteiger partial charge in [0.15, 0.2) is 19.7 Å². The predicted molar refractivity (Wildman–Crippen MR) is 91.5 cm³/mol. The van der Waals surface area contributed by atoms with Gasteiger partial charge in [0.1, 0.15) is 5.76 Å². The van der Waals surface area contributed by atoms with Crippen LogP contribution in [-0.2, 0) is 26.2 Å². The molecule has 2 aliphatic rings. The Hall–Kier alpha value is -1.55. The molecule has 10 heteroatoms. The third-order valence-corrected chi connectivity index (χ3v) is 8.38. The fourth-order valence-electron chi connectivity index (χ4n) is 3.40. The van der Waals surface area contributed by atoms with E-state index in [2.05, 4.69) is 5.32 Å². The minimum atomic E-state index is -3.16. The quantitative estimate of drug-likeness (QED) is 0.803. The van der Waals surface area contributed by atoms with Gasteiger partial charge in [0.05, 0.1) is 41.4 Å². The predicted octanol–water partition coefficient (Wildman–Crippen LogP) is 0.556. The van der Waals surface area contributed by atoms with Crippen molar-refractivity contribution in [3.8, 4) is 0 Å². The summed E-state index contributed by atoms with van der Waals surface area (Å²) in [7, 11) is -6.32. The zero-order valence-electron chi connectivity index (χ0n) is 14.0. The number of hydrogen-bond donors (Lipinski definition) is 1. The van der Waals surface area contributed by atoms with E-state index in [0.717, 1.165) is 0 Å². The normalized spacial score (nSPS) is 30.2. The van der Waals surface area contributed by atoms with Gasteiger partial charge in [-0.1, -0.05) is 0 Å². The zero-order chi connectivity index (χ0) is 18.3. The standard InChI is InChI=1S/C15H22N2O6S2/c1-15(5-8-25(21,22)11-15)16-14(18)17(9-13-3-2-6-23-13)12-4-7-24(19,20)10-12/h2-3,6,12H,4-5,7-11H2,1H3,(H,16,18)/t12-,15+/m1/s1. The molecule has 0 aromatic carbocycles. The van der Waals surface area contributed by atoms with Gasteiger partial charge in [-0.2, -0.15) is 0 Å². The molecule has 0 aliphatic carbocycles. The average molecular weight is 390 g/mol. The molecule has 0 radical (unpaired) electrons. The largest absolute Gasteiger partial charge is 0.467 e. The molecule has 2 atom stereocenters. The van der Waals surface area contributed by atoms with Crippen molar-refractivity contribution in [3.05, 3.63) is 24.2 Å². The van der Waals surface area contributed by atoms with Gasteiger partial charge in [0.2, 0.25) is 0 Å². The fourth-order valence-corrected chi connectivity index (χ4v) is 7.22. The van der Waals surface area contributed by atoms with Gasteiger partial charge in [-0.25, -0.2) is 21.6 Å². The second-order valence-corrected chi connectivity index (χ2v) is 11.5. The average Bonchev–Trinajstić information content (AvgIpc) is 3.16. The van der Waals surface area contributed by atoms with Gasteiger partial charge in [-0.05, 0) is 31.9 Å². The first-order valence-corrected chi connectivity index (χ1v) is 11.7. The molecule has 8 nitrogen and oxygen atoms in total. The topological polar surface area (TPSA) is 114 Å². The molecule has 0 bridgehead atoms. The SMILES string of the molecule is C[C@]1(NC(=O)N(Cc2ccco2)[C@@H]2CCS(=O)(=O)C2)CCS(=O)(=O)C1. The van der Waals surface area contributed by atoms with Crippen LogP contribution < -0.4 is 5.32 Å². The lowest BCUT2D eigenvalue weighted by molar-refractivity contribution is 0.161. The van der Waals surface area contributed by atoms with Crippen LogP contribution in [0.1, 0.15) is 25.5 Å². The minimum absolute atomic E-state index is 0.0414. The molecule has 3 rings (SSSR count). The van der Waals surface area contributed by atoms with Gasteiger partial charge < -0.3 is 14.6 Å². The van der Waals surface area contributed by atoms with Crippen molar-refractivity contribution in [1.29, 1.82) is 0 Å². The summed E-state index contributed by atoms with van der Waals surface area (Å²) in [5.74, 6) is 0.438. The number of carbonyl (C=O) groups excluding carboxylic acids is 1. The second kappa shape index (κ2) is 6.31. The molecule has 25 heavy (non-hydrogen) atoms. The molecule has 1 aromatic rings. The van der Waals surface area contributed by atoms with Crippen LogP contribution in [0.3, 0.4) is 0 Å². The molecule has 0 unspecified atom stereocenters. The number of amides is 2. The van der Waals surface area contributed by atoms with Gasteiger partial charge in [0, 0.05) is 6.04 Å². The van der Waals surface area contributed by atoms with Crippen LogP contribution in [-0.4, -0.2) is 62.4 Å². The third-order valence-electron chi connectivity index (χ3n) is 4.73. The molecule has 2 amide bonds. The van der Waals surface area contributed by atoms with Crippen LogP contribution in [0, 0.1) is 0 Å². The molecular weight excluding hydrogens is 368 g/mol. The van der Waals surface area contributed by atoms with E-state index >= 15 is 0 Å². The Morgan fingerprint density at radius 3 is 2.60 bits per heavy atom. The third kappa shape index (κ3) is 4.35. The molecule has 0 saturated carbocycles. The van der Waals surface area contributed by atoms with Crippen LogP contribution in [0.4, 0.5) is 4.79 Å². The highest BCUT2D eigenvalue weighted by atomic mass is 32.2. The maximum atomic E-state index is 12.8. The van der Waals surface area contributed by atoms with Crippen LogP contribution in [0.2, 0.25) is 0 Å². The lowest BCUT2D eigenvalue weighted by Gasteiger charge is -2.32. The summed E-state index contributed by atoms with van der Waals surface area (Å²) in [6, 6.07) is 2.50. The second-order valence-electron chi connectivity index (χ2n) is 7.10. The summed E-state index contributed by atoms with van der Waals surface area (Å²) in [5, 5.41) is 2.80. The van der Waals surface area contributed by atoms with Gasteiger partial charge in [-0.15, -0.1) is 0 Å². The summed E-state index contributed by atoms with van der Waals surface area (Å²) in [6.07, 6.45) is 2.20. The summed E-state index contributed by atoms with van der Waals surface area (Å²) >= 11 is 0. The van der Waals surface area contributed by atoms with Crippen molar-refractivity contribution >= 4 is 25.7 Å². The maximum Gasteiger partial charge on any atom is 0.318 e. The number of nitrogens with one attached hydrogen (secondary N) is 1. The van der Waals surface area contributed by atoms with Crippen molar-refractivity contribution in [2.75, 3.05) is 23.0 Å². The van der Waals surface area contributed by atoms with E-state index in [4.69, 9.17) is 4.42 Å². The van der Waals surface area contributed by atoms with Crippen LogP contribution in [0.15, 0.2) is 22.8 Å². The van der Waals surface area contributed by atoms with Crippen molar-refractivity contribution in [2.45, 2.75) is 37.9 Å². The molecule has 3 heterocycles. The molecule has 1 aromatic heterocycles. The van der Waals surface area contributed by atoms with E-state index < -0.39 is 37.3 Å². The Kier molecular flexibility index (Phi) is 4.61. The van der Waals surface area contributed by atoms with Crippen molar-refractivity contribution in [3.63, 3.8) is 0 Å². The molecule has 1 N–H and O–H groups in total. The number of sulfone groups is 2. The summed E-state index contributed by atoms with van der Waals surface area (Å²) in [6.45, 7) is 1.84. The molecule has 0 spiro atoms. The summed E-state index contributed by atoms with van der Waals surface area (Å²) in [5.41, 5.74) is -0.838. The molecular formula is C15H22N2O6S2. The van der Waals surface area contributed by atoms with Crippen LogP contribution in [0.25, 0.3) is 0 Å². The highest BCUT2D eigenvalue weighted by molar-refractivity contribution is 7.92. The zero-order valence-corrected chi connectivity index (χ0v) is 15.6. The van der Waals surface area contributed by atoms with Gasteiger partial charge in [-0.3, -0.25) is 0 Å². The van der Waals surface area contributed by atoms with Crippen LogP contribution >= 0.6 is 0 Å². The number of furan rings is 1. The lowest BCUT2D eigenvalue weighted by Crippen LogP contribution is -2.54. The Morgan fingerprint density at radius 1 is 1.32 bits per heavy atom. The smallest absolute Gasteiger partial charge is 0.318 e. The first-order valence-electron chi connectivity index (χ1n) is 8.10. The van der Waals surface area contributed by atoms with Gasteiger partial charge >= 0.3 is 6.03 Å². The van der Waals surface area contributed by atoms with Crippen LogP contribution in [0.5, 0.6) is 0 Å². The number of carbonyl (C=O) groups is 1. The molecule has 140 valence electrons. The molecule has 2 saturated heterocycles. The summed E-state index contributed by atoms with van der Waals surface area (Å²) < 4.78 is 52.4. The van der Waals surface area contributed by atoms with Gasteiger partial charge in [0.25, 0.3) is 0 Å². The summed E-state index contributed by atoms with van der Waals surface area (Å²) in [4.78, 5) is 14.3. The highest BCUT2D eigenvalue weighted by Crippen LogP contribution is 2.25. The fraction of sp³-hybridized carbons (Fsp3) is 0.667. The lowest BCUT2D eigenvalue weighted by atomic mass is 10.0. The van der Waals surface area contributed by atoms with E-state index in [-0.39, 0.29) is 29.6 Å². The Balaban J connectivity index is 1.77.